The van der Waals surface area contributed by atoms with Crippen LogP contribution in [0.2, 0.25) is 5.02 Å². The van der Waals surface area contributed by atoms with Crippen LogP contribution in [0.25, 0.3) is 0 Å². The van der Waals surface area contributed by atoms with Crippen molar-refractivity contribution in [3.05, 3.63) is 77.6 Å². The van der Waals surface area contributed by atoms with Crippen molar-refractivity contribution < 1.29 is 9.53 Å². The lowest BCUT2D eigenvalue weighted by molar-refractivity contribution is -0.113. The summed E-state index contributed by atoms with van der Waals surface area (Å²) in [6.45, 7) is 8.17. The number of allylic oxidation sites excluding steroid dienone is 1. The maximum atomic E-state index is 12.4. The van der Waals surface area contributed by atoms with E-state index >= 15 is 0 Å². The van der Waals surface area contributed by atoms with Crippen molar-refractivity contribution in [2.75, 3.05) is 11.1 Å². The molecule has 0 spiro atoms. The van der Waals surface area contributed by atoms with E-state index in [1.807, 2.05) is 54.8 Å². The Bertz CT molecular complexity index is 1040. The third-order valence-corrected chi connectivity index (χ3v) is 5.48. The Balaban J connectivity index is 1.68. The molecule has 156 valence electrons. The number of aromatic nitrogens is 3. The molecule has 30 heavy (non-hydrogen) atoms. The van der Waals surface area contributed by atoms with Gasteiger partial charge in [0.25, 0.3) is 0 Å². The first-order valence-electron chi connectivity index (χ1n) is 9.42. The average Bonchev–Trinajstić information content (AvgIpc) is 3.11. The van der Waals surface area contributed by atoms with Gasteiger partial charge in [0.2, 0.25) is 5.91 Å². The van der Waals surface area contributed by atoms with E-state index in [1.165, 1.54) is 11.8 Å². The van der Waals surface area contributed by atoms with E-state index in [4.69, 9.17) is 16.3 Å². The number of nitrogens with one attached hydrogen (secondary N) is 1. The number of carbonyl (C=O) groups excluding carboxylic acids is 1. The highest BCUT2D eigenvalue weighted by Crippen LogP contribution is 2.26. The second-order valence-electron chi connectivity index (χ2n) is 6.61. The number of thioether (sulfide) groups is 1. The molecule has 3 rings (SSSR count). The molecular weight excluding hydrogens is 420 g/mol. The molecule has 1 heterocycles. The van der Waals surface area contributed by atoms with E-state index in [-0.39, 0.29) is 17.8 Å². The van der Waals surface area contributed by atoms with E-state index in [2.05, 4.69) is 22.1 Å². The summed E-state index contributed by atoms with van der Waals surface area (Å²) in [4.78, 5) is 12.4. The third-order valence-electron chi connectivity index (χ3n) is 4.28. The Kier molecular flexibility index (Phi) is 7.54. The lowest BCUT2D eigenvalue weighted by Gasteiger charge is -2.16. The van der Waals surface area contributed by atoms with Crippen LogP contribution < -0.4 is 10.1 Å². The monoisotopic (exact) mass is 442 g/mol. The quantitative estimate of drug-likeness (QED) is 0.360. The summed E-state index contributed by atoms with van der Waals surface area (Å²) in [5.41, 5.74) is 1.82. The highest BCUT2D eigenvalue weighted by Gasteiger charge is 2.20. The summed E-state index contributed by atoms with van der Waals surface area (Å²) in [5, 5.41) is 12.7. The number of halogens is 1. The van der Waals surface area contributed by atoms with Gasteiger partial charge in [-0.1, -0.05) is 53.7 Å². The first kappa shape index (κ1) is 21.9. The molecule has 0 radical (unpaired) electrons. The van der Waals surface area contributed by atoms with Crippen molar-refractivity contribution in [1.82, 2.24) is 14.8 Å². The van der Waals surface area contributed by atoms with E-state index in [9.17, 15) is 4.79 Å². The zero-order valence-electron chi connectivity index (χ0n) is 16.8. The largest absolute Gasteiger partial charge is 0.483 e. The molecule has 1 aromatic heterocycles. The van der Waals surface area contributed by atoms with Gasteiger partial charge < -0.3 is 10.1 Å². The van der Waals surface area contributed by atoms with Gasteiger partial charge in [-0.2, -0.15) is 0 Å². The van der Waals surface area contributed by atoms with Crippen LogP contribution >= 0.6 is 23.4 Å². The minimum Gasteiger partial charge on any atom is -0.483 e. The number of benzene rings is 2. The molecule has 0 aliphatic heterocycles. The van der Waals surface area contributed by atoms with Crippen LogP contribution in [0.4, 0.5) is 5.69 Å². The summed E-state index contributed by atoms with van der Waals surface area (Å²) in [7, 11) is 0. The Morgan fingerprint density at radius 1 is 1.30 bits per heavy atom. The number of carbonyl (C=O) groups is 1. The van der Waals surface area contributed by atoms with Gasteiger partial charge in [-0.15, -0.1) is 16.8 Å². The molecule has 0 saturated heterocycles. The molecule has 1 N–H and O–H groups in total. The van der Waals surface area contributed by atoms with Gasteiger partial charge in [-0.3, -0.25) is 9.36 Å². The summed E-state index contributed by atoms with van der Waals surface area (Å²) < 4.78 is 7.87. The highest BCUT2D eigenvalue weighted by atomic mass is 35.5. The Hall–Kier alpha value is -2.77. The molecule has 0 aliphatic carbocycles. The lowest BCUT2D eigenvalue weighted by Crippen LogP contribution is -2.16. The van der Waals surface area contributed by atoms with Crippen LogP contribution in [0.1, 0.15) is 24.4 Å². The van der Waals surface area contributed by atoms with Crippen LogP contribution in [-0.2, 0) is 11.3 Å². The van der Waals surface area contributed by atoms with Gasteiger partial charge in [-0.25, -0.2) is 0 Å². The van der Waals surface area contributed by atoms with Crippen LogP contribution in [0.5, 0.6) is 5.75 Å². The van der Waals surface area contributed by atoms with Gasteiger partial charge in [-0.05, 0) is 43.7 Å². The number of anilines is 1. The number of nitrogens with zero attached hydrogens (tertiary/aromatic N) is 3. The van der Waals surface area contributed by atoms with E-state index in [1.54, 1.807) is 18.2 Å². The zero-order chi connectivity index (χ0) is 21.5. The number of hydrogen-bond donors (Lipinski definition) is 1. The normalized spacial score (nSPS) is 11.7. The molecule has 1 amide bonds. The Labute approximate surface area is 185 Å². The van der Waals surface area contributed by atoms with Gasteiger partial charge >= 0.3 is 0 Å². The molecule has 2 aromatic carbocycles. The first-order chi connectivity index (χ1) is 14.5. The summed E-state index contributed by atoms with van der Waals surface area (Å²) >= 11 is 7.35. The maximum Gasteiger partial charge on any atom is 0.234 e. The molecule has 1 atom stereocenters. The second-order valence-corrected chi connectivity index (χ2v) is 7.99. The smallest absolute Gasteiger partial charge is 0.234 e. The number of rotatable bonds is 9. The molecule has 1 unspecified atom stereocenters. The fraction of sp³-hybridized carbons (Fsp3) is 0.227. The highest BCUT2D eigenvalue weighted by molar-refractivity contribution is 7.99. The summed E-state index contributed by atoms with van der Waals surface area (Å²) in [6.07, 6.45) is 1.40. The molecule has 8 heteroatoms. The summed E-state index contributed by atoms with van der Waals surface area (Å²) in [5.74, 6) is 1.41. The predicted octanol–water partition coefficient (Wildman–Crippen LogP) is 5.30. The van der Waals surface area contributed by atoms with Crippen molar-refractivity contribution in [3.63, 3.8) is 0 Å². The zero-order valence-corrected chi connectivity index (χ0v) is 18.4. The molecule has 0 fully saturated rings. The van der Waals surface area contributed by atoms with Crippen LogP contribution in [-0.4, -0.2) is 26.4 Å². The molecular formula is C22H23ClN4O2S. The summed E-state index contributed by atoms with van der Waals surface area (Å²) in [6, 6.07) is 14.9. The Morgan fingerprint density at radius 2 is 2.10 bits per heavy atom. The van der Waals surface area contributed by atoms with E-state index in [0.717, 1.165) is 11.3 Å². The van der Waals surface area contributed by atoms with Crippen molar-refractivity contribution >= 4 is 35.0 Å². The number of aryl methyl sites for hydroxylation is 1. The average molecular weight is 443 g/mol. The van der Waals surface area contributed by atoms with Crippen molar-refractivity contribution in [3.8, 4) is 5.75 Å². The minimum absolute atomic E-state index is 0.104. The molecule has 0 bridgehead atoms. The predicted molar refractivity (Wildman–Crippen MR) is 121 cm³/mol. The van der Waals surface area contributed by atoms with E-state index < -0.39 is 0 Å². The van der Waals surface area contributed by atoms with Crippen molar-refractivity contribution in [2.24, 2.45) is 0 Å². The van der Waals surface area contributed by atoms with Crippen LogP contribution in [0, 0.1) is 6.92 Å². The molecule has 6 nitrogen and oxygen atoms in total. The van der Waals surface area contributed by atoms with Gasteiger partial charge in [0.15, 0.2) is 17.1 Å². The lowest BCUT2D eigenvalue weighted by atomic mass is 10.2. The SMILES string of the molecule is C=CCn1c(SCC(=O)Nc2ccccc2C)nnc1C(C)Oc1cccc(Cl)c1. The molecule has 0 saturated carbocycles. The van der Waals surface area contributed by atoms with E-state index in [0.29, 0.717) is 28.3 Å². The number of hydrogen-bond acceptors (Lipinski definition) is 5. The van der Waals surface area contributed by atoms with Crippen LogP contribution in [0.3, 0.4) is 0 Å². The molecule has 3 aromatic rings. The first-order valence-corrected chi connectivity index (χ1v) is 10.8. The standard InChI is InChI=1S/C22H23ClN4O2S/c1-4-12-27-21(16(3)29-18-10-7-9-17(23)13-18)25-26-22(27)30-14-20(28)24-19-11-6-5-8-15(19)2/h4-11,13,16H,1,12,14H2,2-3H3,(H,24,28). The second kappa shape index (κ2) is 10.3. The number of ether oxygens (including phenoxy) is 1. The fourth-order valence-electron chi connectivity index (χ4n) is 2.83. The van der Waals surface area contributed by atoms with Crippen LogP contribution in [0.15, 0.2) is 66.3 Å². The third kappa shape index (κ3) is 5.64. The fourth-order valence-corrected chi connectivity index (χ4v) is 3.77. The van der Waals surface area contributed by atoms with Gasteiger partial charge in [0, 0.05) is 17.3 Å². The topological polar surface area (TPSA) is 69.0 Å². The van der Waals surface area contributed by atoms with Crippen molar-refractivity contribution in [2.45, 2.75) is 31.7 Å². The number of amides is 1. The van der Waals surface area contributed by atoms with Gasteiger partial charge in [0.05, 0.1) is 5.75 Å². The minimum atomic E-state index is -0.355. The number of para-hydroxylation sites is 1. The molecule has 0 aliphatic rings. The van der Waals surface area contributed by atoms with Crippen molar-refractivity contribution in [1.29, 1.82) is 0 Å². The maximum absolute atomic E-state index is 12.4. The Morgan fingerprint density at radius 3 is 2.83 bits per heavy atom. The van der Waals surface area contributed by atoms with Gasteiger partial charge in [0.1, 0.15) is 5.75 Å².